The summed E-state index contributed by atoms with van der Waals surface area (Å²) < 4.78 is 29.0. The van der Waals surface area contributed by atoms with Gasteiger partial charge in [0, 0.05) is 34.6 Å². The summed E-state index contributed by atoms with van der Waals surface area (Å²) in [6, 6.07) is 10.5. The van der Waals surface area contributed by atoms with Gasteiger partial charge >= 0.3 is 0 Å². The van der Waals surface area contributed by atoms with Crippen LogP contribution in [0.4, 0.5) is 11.4 Å². The Labute approximate surface area is 170 Å². The standard InChI is InChI=1S/C18H18Br2N2O3S/c1-3-18(23)22-9-8-12-10-15(20)17(11-16(12)22)26(24,25)21(2)14-6-4-13(19)5-7-14/h4-7,10-11H,3,8-9H2,1-2H3. The van der Waals surface area contributed by atoms with Gasteiger partial charge in [-0.2, -0.15) is 0 Å². The summed E-state index contributed by atoms with van der Waals surface area (Å²) >= 11 is 6.74. The molecule has 0 aliphatic carbocycles. The Morgan fingerprint density at radius 2 is 1.85 bits per heavy atom. The monoisotopic (exact) mass is 500 g/mol. The van der Waals surface area contributed by atoms with E-state index in [1.165, 1.54) is 11.4 Å². The molecule has 26 heavy (non-hydrogen) atoms. The Kier molecular flexibility index (Phi) is 5.46. The molecule has 0 saturated heterocycles. The number of sulfonamides is 1. The third kappa shape index (κ3) is 3.42. The first-order valence-electron chi connectivity index (χ1n) is 8.13. The highest BCUT2D eigenvalue weighted by Crippen LogP contribution is 2.37. The molecule has 0 aromatic heterocycles. The average Bonchev–Trinajstić information content (AvgIpc) is 3.03. The van der Waals surface area contributed by atoms with Crippen molar-refractivity contribution in [3.8, 4) is 0 Å². The van der Waals surface area contributed by atoms with Gasteiger partial charge < -0.3 is 4.90 Å². The molecule has 2 aromatic carbocycles. The van der Waals surface area contributed by atoms with Crippen LogP contribution in [0, 0.1) is 0 Å². The number of hydrogen-bond acceptors (Lipinski definition) is 3. The molecule has 3 rings (SSSR count). The minimum absolute atomic E-state index is 0.00400. The predicted molar refractivity (Wildman–Crippen MR) is 110 cm³/mol. The molecular formula is C18H18Br2N2O3S. The molecule has 1 amide bonds. The van der Waals surface area contributed by atoms with Gasteiger partial charge in [0.15, 0.2) is 0 Å². The summed E-state index contributed by atoms with van der Waals surface area (Å²) in [5, 5.41) is 0. The fourth-order valence-electron chi connectivity index (χ4n) is 2.97. The topological polar surface area (TPSA) is 57.7 Å². The lowest BCUT2D eigenvalue weighted by molar-refractivity contribution is -0.118. The SMILES string of the molecule is CCC(=O)N1CCc2cc(Br)c(S(=O)(=O)N(C)c3ccc(Br)cc3)cc21. The smallest absolute Gasteiger partial charge is 0.265 e. The number of nitrogens with zero attached hydrogens (tertiary/aromatic N) is 2. The zero-order valence-corrected chi connectivity index (χ0v) is 18.4. The molecule has 138 valence electrons. The molecule has 8 heteroatoms. The second kappa shape index (κ2) is 7.32. The first-order chi connectivity index (χ1) is 12.3. The fourth-order valence-corrected chi connectivity index (χ4v) is 5.50. The summed E-state index contributed by atoms with van der Waals surface area (Å²) in [4.78, 5) is 14.0. The van der Waals surface area contributed by atoms with Gasteiger partial charge in [-0.15, -0.1) is 0 Å². The van der Waals surface area contributed by atoms with Crippen molar-refractivity contribution in [2.24, 2.45) is 0 Å². The molecular weight excluding hydrogens is 484 g/mol. The van der Waals surface area contributed by atoms with Crippen LogP contribution in [0.2, 0.25) is 0 Å². The van der Waals surface area contributed by atoms with Crippen molar-refractivity contribution < 1.29 is 13.2 Å². The van der Waals surface area contributed by atoms with E-state index in [2.05, 4.69) is 31.9 Å². The van der Waals surface area contributed by atoms with Gasteiger partial charge in [-0.1, -0.05) is 22.9 Å². The van der Waals surface area contributed by atoms with Crippen LogP contribution in [0.15, 0.2) is 50.2 Å². The van der Waals surface area contributed by atoms with Crippen LogP contribution in [-0.4, -0.2) is 27.9 Å². The summed E-state index contributed by atoms with van der Waals surface area (Å²) in [5.41, 5.74) is 2.22. The number of carbonyl (C=O) groups is 1. The van der Waals surface area contributed by atoms with Crippen molar-refractivity contribution in [2.45, 2.75) is 24.7 Å². The molecule has 0 atom stereocenters. The van der Waals surface area contributed by atoms with E-state index in [1.807, 2.05) is 0 Å². The Morgan fingerprint density at radius 3 is 2.46 bits per heavy atom. The maximum atomic E-state index is 13.2. The molecule has 5 nitrogen and oxygen atoms in total. The van der Waals surface area contributed by atoms with Crippen LogP contribution in [0.3, 0.4) is 0 Å². The number of carbonyl (C=O) groups excluding carboxylic acids is 1. The van der Waals surface area contributed by atoms with Crippen molar-refractivity contribution in [2.75, 3.05) is 22.8 Å². The van der Waals surface area contributed by atoms with Gasteiger partial charge in [0.25, 0.3) is 10.0 Å². The highest BCUT2D eigenvalue weighted by atomic mass is 79.9. The lowest BCUT2D eigenvalue weighted by atomic mass is 10.2. The lowest BCUT2D eigenvalue weighted by Crippen LogP contribution is -2.29. The lowest BCUT2D eigenvalue weighted by Gasteiger charge is -2.22. The molecule has 1 aliphatic rings. The minimum Gasteiger partial charge on any atom is -0.312 e. The number of anilines is 2. The van der Waals surface area contributed by atoms with E-state index in [4.69, 9.17) is 0 Å². The maximum Gasteiger partial charge on any atom is 0.265 e. The third-order valence-electron chi connectivity index (χ3n) is 4.46. The molecule has 1 aliphatic heterocycles. The van der Waals surface area contributed by atoms with Crippen LogP contribution in [0.25, 0.3) is 0 Å². The van der Waals surface area contributed by atoms with Crippen molar-refractivity contribution in [1.29, 1.82) is 0 Å². The van der Waals surface area contributed by atoms with Crippen molar-refractivity contribution >= 4 is 59.2 Å². The number of fused-ring (bicyclic) bond motifs is 1. The van der Waals surface area contributed by atoms with Gasteiger partial charge in [-0.05, 0) is 64.3 Å². The third-order valence-corrected chi connectivity index (χ3v) is 7.73. The zero-order chi connectivity index (χ0) is 19.1. The molecule has 2 aromatic rings. The molecule has 0 fully saturated rings. The van der Waals surface area contributed by atoms with Gasteiger partial charge in [0.1, 0.15) is 4.90 Å². The van der Waals surface area contributed by atoms with Crippen LogP contribution < -0.4 is 9.21 Å². The quantitative estimate of drug-likeness (QED) is 0.626. The van der Waals surface area contributed by atoms with E-state index in [-0.39, 0.29) is 10.8 Å². The molecule has 0 spiro atoms. The second-order valence-electron chi connectivity index (χ2n) is 6.01. The van der Waals surface area contributed by atoms with Crippen LogP contribution in [0.1, 0.15) is 18.9 Å². The van der Waals surface area contributed by atoms with E-state index < -0.39 is 10.0 Å². The first-order valence-corrected chi connectivity index (χ1v) is 11.2. The molecule has 0 bridgehead atoms. The Hall–Kier alpha value is -1.38. The second-order valence-corrected chi connectivity index (χ2v) is 9.72. The molecule has 0 radical (unpaired) electrons. The fraction of sp³-hybridized carbons (Fsp3) is 0.278. The van der Waals surface area contributed by atoms with Crippen LogP contribution in [-0.2, 0) is 21.2 Å². The highest BCUT2D eigenvalue weighted by molar-refractivity contribution is 9.10. The number of hydrogen-bond donors (Lipinski definition) is 0. The molecule has 0 saturated carbocycles. The summed E-state index contributed by atoms with van der Waals surface area (Å²) in [5.74, 6) is -0.00400. The zero-order valence-electron chi connectivity index (χ0n) is 14.4. The summed E-state index contributed by atoms with van der Waals surface area (Å²) in [6.45, 7) is 2.39. The van der Waals surface area contributed by atoms with Crippen LogP contribution in [0.5, 0.6) is 0 Å². The summed E-state index contributed by atoms with van der Waals surface area (Å²) in [7, 11) is -2.26. The number of rotatable bonds is 4. The van der Waals surface area contributed by atoms with E-state index in [1.54, 1.807) is 48.2 Å². The van der Waals surface area contributed by atoms with Gasteiger partial charge in [0.2, 0.25) is 5.91 Å². The highest BCUT2D eigenvalue weighted by Gasteiger charge is 2.30. The Morgan fingerprint density at radius 1 is 1.19 bits per heavy atom. The minimum atomic E-state index is -3.78. The van der Waals surface area contributed by atoms with Crippen molar-refractivity contribution in [1.82, 2.24) is 0 Å². The summed E-state index contributed by atoms with van der Waals surface area (Å²) in [6.07, 6.45) is 1.11. The van der Waals surface area contributed by atoms with Gasteiger partial charge in [-0.25, -0.2) is 8.42 Å². The number of halogens is 2. The predicted octanol–water partition coefficient (Wildman–Crippen LogP) is 4.34. The van der Waals surface area contributed by atoms with E-state index in [0.29, 0.717) is 28.8 Å². The average molecular weight is 502 g/mol. The van der Waals surface area contributed by atoms with Crippen molar-refractivity contribution in [3.05, 3.63) is 50.9 Å². The number of amides is 1. The Balaban J connectivity index is 2.05. The van der Waals surface area contributed by atoms with Gasteiger partial charge in [-0.3, -0.25) is 9.10 Å². The van der Waals surface area contributed by atoms with E-state index in [9.17, 15) is 13.2 Å². The first kappa shape index (κ1) is 19.4. The van der Waals surface area contributed by atoms with E-state index in [0.717, 1.165) is 16.5 Å². The number of benzene rings is 2. The van der Waals surface area contributed by atoms with Crippen molar-refractivity contribution in [3.63, 3.8) is 0 Å². The molecule has 1 heterocycles. The molecule has 0 N–H and O–H groups in total. The van der Waals surface area contributed by atoms with Crippen LogP contribution >= 0.6 is 31.9 Å². The van der Waals surface area contributed by atoms with Gasteiger partial charge in [0.05, 0.1) is 5.69 Å². The van der Waals surface area contributed by atoms with E-state index >= 15 is 0 Å². The maximum absolute atomic E-state index is 13.2. The molecule has 0 unspecified atom stereocenters. The Bertz CT molecular complexity index is 959. The normalized spacial score (nSPS) is 13.6. The largest absolute Gasteiger partial charge is 0.312 e.